The zero-order chi connectivity index (χ0) is 14.9. The molecule has 0 radical (unpaired) electrons. The predicted molar refractivity (Wildman–Crippen MR) is 64.2 cm³/mol. The predicted octanol–water partition coefficient (Wildman–Crippen LogP) is 0.596. The highest BCUT2D eigenvalue weighted by Crippen LogP contribution is 2.29. The highest BCUT2D eigenvalue weighted by molar-refractivity contribution is 5.73. The van der Waals surface area contributed by atoms with Crippen molar-refractivity contribution in [3.8, 4) is 5.75 Å². The Balaban J connectivity index is 2.20. The first-order valence-electron chi connectivity index (χ1n) is 5.94. The molecule has 2 N–H and O–H groups in total. The first-order valence-corrected chi connectivity index (χ1v) is 5.94. The molecule has 108 valence electrons. The van der Waals surface area contributed by atoms with E-state index in [2.05, 4.69) is 0 Å². The van der Waals surface area contributed by atoms with Crippen LogP contribution in [0, 0.1) is 10.7 Å². The molecule has 0 spiro atoms. The molecule has 1 fully saturated rings. The molecular weight excluding hydrogens is 271 g/mol. The number of carbonyl (C=O) groups is 1. The molecule has 2 atom stereocenters. The molecule has 0 aliphatic carbocycles. The second kappa shape index (κ2) is 5.41. The van der Waals surface area contributed by atoms with Crippen LogP contribution in [0.2, 0.25) is 0 Å². The molecule has 0 aromatic heterocycles. The lowest BCUT2D eigenvalue weighted by Crippen LogP contribution is -2.30. The molecule has 0 saturated carbocycles. The largest absolute Gasteiger partial charge is 0.479 e. The first-order chi connectivity index (χ1) is 9.38. The third kappa shape index (κ3) is 2.85. The van der Waals surface area contributed by atoms with Crippen LogP contribution in [-0.4, -0.2) is 51.3 Å². The number of carbonyl (C=O) groups excluding carboxylic acids is 1. The smallest absolute Gasteiger partial charge is 0.358 e. The number of hydrogen-bond donors (Lipinski definition) is 2. The minimum Gasteiger partial charge on any atom is -0.479 e. The summed E-state index contributed by atoms with van der Waals surface area (Å²) in [6.07, 6.45) is -1.74. The zero-order valence-corrected chi connectivity index (χ0v) is 10.7. The van der Waals surface area contributed by atoms with E-state index in [1.807, 2.05) is 0 Å². The summed E-state index contributed by atoms with van der Waals surface area (Å²) in [5, 5.41) is 18.7. The number of likely N-dealkylation sites (tertiary alicyclic amines) is 1. The van der Waals surface area contributed by atoms with Crippen molar-refractivity contribution >= 4 is 11.6 Å². The Hall–Kier alpha value is -2.22. The van der Waals surface area contributed by atoms with Crippen molar-refractivity contribution in [2.24, 2.45) is 0 Å². The van der Waals surface area contributed by atoms with Crippen LogP contribution >= 0.6 is 0 Å². The van der Waals surface area contributed by atoms with Gasteiger partial charge in [0, 0.05) is 19.1 Å². The lowest BCUT2D eigenvalue weighted by Gasteiger charge is -2.15. The first kappa shape index (κ1) is 14.2. The Labute approximate surface area is 113 Å². The monoisotopic (exact) mass is 285 g/mol. The van der Waals surface area contributed by atoms with Crippen molar-refractivity contribution in [2.45, 2.75) is 19.1 Å². The summed E-state index contributed by atoms with van der Waals surface area (Å²) in [6.45, 7) is 1.58. The molecule has 1 aliphatic rings. The molecule has 2 rings (SSSR count). The third-order valence-corrected chi connectivity index (χ3v) is 3.09. The zero-order valence-electron chi connectivity index (χ0n) is 10.7. The molecular formula is C12H14FN2O5+. The summed E-state index contributed by atoms with van der Waals surface area (Å²) in [5.74, 6) is -1.07. The molecule has 1 aromatic rings. The third-order valence-electron chi connectivity index (χ3n) is 3.09. The number of rotatable bonds is 3. The SMILES string of the molecule is CC(=O)N1C[C@@H](O)[C@H](Oc2cc(F)ccc2[N+](=O)O)C1. The maximum Gasteiger partial charge on any atom is 0.358 e. The fraction of sp³-hybridized carbons (Fsp3) is 0.417. The Morgan fingerprint density at radius 3 is 2.75 bits per heavy atom. The summed E-state index contributed by atoms with van der Waals surface area (Å²) in [4.78, 5) is 23.1. The summed E-state index contributed by atoms with van der Waals surface area (Å²) >= 11 is 0. The number of hydrogen-bond acceptors (Lipinski definition) is 4. The van der Waals surface area contributed by atoms with E-state index >= 15 is 0 Å². The number of amides is 1. The lowest BCUT2D eigenvalue weighted by molar-refractivity contribution is -0.730. The van der Waals surface area contributed by atoms with Crippen molar-refractivity contribution < 1.29 is 29.2 Å². The topological polar surface area (TPSA) is 90.1 Å². The molecule has 7 nitrogen and oxygen atoms in total. The van der Waals surface area contributed by atoms with E-state index in [9.17, 15) is 19.2 Å². The molecule has 1 amide bonds. The van der Waals surface area contributed by atoms with Gasteiger partial charge in [0.1, 0.15) is 18.0 Å². The Kier molecular flexibility index (Phi) is 3.84. The van der Waals surface area contributed by atoms with Crippen LogP contribution in [0.3, 0.4) is 0 Å². The van der Waals surface area contributed by atoms with Crippen LogP contribution in [0.4, 0.5) is 10.1 Å². The molecule has 1 aromatic carbocycles. The number of ether oxygens (including phenoxy) is 1. The van der Waals surface area contributed by atoms with Gasteiger partial charge in [-0.25, -0.2) is 9.60 Å². The quantitative estimate of drug-likeness (QED) is 0.794. The van der Waals surface area contributed by atoms with E-state index in [0.717, 1.165) is 18.2 Å². The van der Waals surface area contributed by atoms with E-state index in [0.29, 0.717) is 0 Å². The van der Waals surface area contributed by atoms with Crippen LogP contribution < -0.4 is 4.74 Å². The van der Waals surface area contributed by atoms with Gasteiger partial charge in [-0.05, 0) is 6.07 Å². The van der Waals surface area contributed by atoms with Crippen LogP contribution in [-0.2, 0) is 4.79 Å². The van der Waals surface area contributed by atoms with E-state index < -0.39 is 22.9 Å². The summed E-state index contributed by atoms with van der Waals surface area (Å²) in [6, 6.07) is 2.98. The summed E-state index contributed by atoms with van der Waals surface area (Å²) in [7, 11) is 0. The molecule has 8 heteroatoms. The van der Waals surface area contributed by atoms with Gasteiger partial charge in [-0.15, -0.1) is 0 Å². The maximum atomic E-state index is 13.2. The van der Waals surface area contributed by atoms with Crippen molar-refractivity contribution in [1.82, 2.24) is 4.90 Å². The average Bonchev–Trinajstić information content (AvgIpc) is 2.71. The molecule has 1 aliphatic heterocycles. The fourth-order valence-corrected chi connectivity index (χ4v) is 2.03. The van der Waals surface area contributed by atoms with Crippen molar-refractivity contribution in [2.75, 3.05) is 13.1 Å². The normalized spacial score (nSPS) is 21.9. The van der Waals surface area contributed by atoms with Crippen molar-refractivity contribution in [1.29, 1.82) is 0 Å². The highest BCUT2D eigenvalue weighted by Gasteiger charge is 2.36. The van der Waals surface area contributed by atoms with Gasteiger partial charge < -0.3 is 14.7 Å². The second-order valence-electron chi connectivity index (χ2n) is 4.53. The van der Waals surface area contributed by atoms with E-state index in [4.69, 9.17) is 9.94 Å². The number of aliphatic hydroxyl groups excluding tert-OH is 1. The van der Waals surface area contributed by atoms with Gasteiger partial charge in [0.05, 0.1) is 18.0 Å². The van der Waals surface area contributed by atoms with Crippen LogP contribution in [0.25, 0.3) is 0 Å². The molecule has 20 heavy (non-hydrogen) atoms. The summed E-state index contributed by atoms with van der Waals surface area (Å²) < 4.78 is 18.5. The lowest BCUT2D eigenvalue weighted by atomic mass is 10.2. The van der Waals surface area contributed by atoms with Gasteiger partial charge in [-0.3, -0.25) is 4.79 Å². The van der Waals surface area contributed by atoms with E-state index in [-0.39, 0.29) is 30.4 Å². The number of nitrogens with zero attached hydrogens (tertiary/aromatic N) is 2. The maximum absolute atomic E-state index is 13.2. The molecule has 1 saturated heterocycles. The Morgan fingerprint density at radius 2 is 2.20 bits per heavy atom. The Morgan fingerprint density at radius 1 is 1.50 bits per heavy atom. The molecule has 1 heterocycles. The van der Waals surface area contributed by atoms with Gasteiger partial charge in [0.25, 0.3) is 4.92 Å². The van der Waals surface area contributed by atoms with Crippen molar-refractivity contribution in [3.63, 3.8) is 0 Å². The number of halogens is 1. The molecule has 0 bridgehead atoms. The van der Waals surface area contributed by atoms with Gasteiger partial charge in [0.2, 0.25) is 11.7 Å². The number of β-amino-alcohol motifs (C(OH)–C–C–N with tert-alkyl or cyclic N) is 1. The van der Waals surface area contributed by atoms with Gasteiger partial charge in [0.15, 0.2) is 0 Å². The highest BCUT2D eigenvalue weighted by atomic mass is 19.1. The van der Waals surface area contributed by atoms with Gasteiger partial charge in [-0.2, -0.15) is 0 Å². The van der Waals surface area contributed by atoms with Crippen LogP contribution in [0.15, 0.2) is 18.2 Å². The standard InChI is InChI=1S/C12H14FN2O5/c1-7(16)14-5-10(17)12(6-14)20-11-4-8(13)2-3-9(11)15(18)19/h2-4,10,12,17H,5-6H2,1H3,(H,18,19)/q+1/t10-,12-/m1/s1. The Bertz CT molecular complexity index is 551. The van der Waals surface area contributed by atoms with Crippen LogP contribution in [0.5, 0.6) is 5.75 Å². The summed E-state index contributed by atoms with van der Waals surface area (Å²) in [5.41, 5.74) is -0.278. The average molecular weight is 285 g/mol. The number of benzene rings is 1. The van der Waals surface area contributed by atoms with Crippen LogP contribution in [0.1, 0.15) is 6.92 Å². The fourth-order valence-electron chi connectivity index (χ4n) is 2.03. The van der Waals surface area contributed by atoms with E-state index in [1.165, 1.54) is 11.8 Å². The second-order valence-corrected chi connectivity index (χ2v) is 4.53. The minimum absolute atomic E-state index is 0.102. The van der Waals surface area contributed by atoms with Gasteiger partial charge in [-0.1, -0.05) is 0 Å². The number of aliphatic hydroxyl groups is 1. The van der Waals surface area contributed by atoms with Crippen molar-refractivity contribution in [3.05, 3.63) is 28.9 Å². The van der Waals surface area contributed by atoms with Gasteiger partial charge >= 0.3 is 5.69 Å². The molecule has 0 unspecified atom stereocenters. The minimum atomic E-state index is -0.950. The van der Waals surface area contributed by atoms with E-state index in [1.54, 1.807) is 0 Å².